The van der Waals surface area contributed by atoms with Gasteiger partial charge in [-0.2, -0.15) is 5.10 Å². The van der Waals surface area contributed by atoms with Gasteiger partial charge in [-0.05, 0) is 49.2 Å². The summed E-state index contributed by atoms with van der Waals surface area (Å²) in [7, 11) is 1.65. The monoisotopic (exact) mass is 363 g/mol. The molecule has 0 radical (unpaired) electrons. The Balaban J connectivity index is 1.55. The molecule has 2 aromatic heterocycles. The van der Waals surface area contributed by atoms with Gasteiger partial charge in [0.25, 0.3) is 0 Å². The Kier molecular flexibility index (Phi) is 3.75. The summed E-state index contributed by atoms with van der Waals surface area (Å²) in [5.74, 6) is 1.51. The van der Waals surface area contributed by atoms with E-state index in [-0.39, 0.29) is 6.10 Å². The number of methoxy groups -OCH3 is 1. The molecular formula is C20H21N5O2. The van der Waals surface area contributed by atoms with Crippen LogP contribution in [0.1, 0.15) is 12.8 Å². The Morgan fingerprint density at radius 1 is 1.19 bits per heavy atom. The number of anilines is 1. The molecule has 1 fully saturated rings. The van der Waals surface area contributed by atoms with Crippen molar-refractivity contribution in [3.63, 3.8) is 0 Å². The maximum atomic E-state index is 9.94. The van der Waals surface area contributed by atoms with Crippen molar-refractivity contribution in [2.75, 3.05) is 25.1 Å². The minimum absolute atomic E-state index is 0.253. The van der Waals surface area contributed by atoms with Gasteiger partial charge in [0, 0.05) is 24.2 Å². The van der Waals surface area contributed by atoms with Gasteiger partial charge in [0.15, 0.2) is 5.82 Å². The van der Waals surface area contributed by atoms with Crippen LogP contribution < -0.4 is 9.64 Å². The highest BCUT2D eigenvalue weighted by Gasteiger charge is 2.19. The predicted molar refractivity (Wildman–Crippen MR) is 105 cm³/mol. The number of aliphatic hydroxyl groups is 1. The number of fused-ring (bicyclic) bond motifs is 2. The molecule has 7 nitrogen and oxygen atoms in total. The van der Waals surface area contributed by atoms with Gasteiger partial charge in [-0.25, -0.2) is 4.98 Å². The molecule has 7 heteroatoms. The van der Waals surface area contributed by atoms with E-state index in [1.165, 1.54) is 0 Å². The standard InChI is InChI=1S/C20H21N5O2/c1-27-14-5-7-16-15(10-14)19(24-23-16)20-21-17-6-4-12(9-18(17)22-20)25-8-2-3-13(26)11-25/h4-7,9-10,13,26H,2-3,8,11H2,1H3,(H,21,22)(H,23,24). The van der Waals surface area contributed by atoms with Crippen LogP contribution in [0.25, 0.3) is 33.5 Å². The predicted octanol–water partition coefficient (Wildman–Crippen LogP) is 3.08. The van der Waals surface area contributed by atoms with Crippen LogP contribution in [0.3, 0.4) is 0 Å². The zero-order chi connectivity index (χ0) is 18.4. The molecule has 138 valence electrons. The maximum Gasteiger partial charge on any atom is 0.159 e. The quantitative estimate of drug-likeness (QED) is 0.520. The Morgan fingerprint density at radius 3 is 2.96 bits per heavy atom. The lowest BCUT2D eigenvalue weighted by atomic mass is 10.1. The van der Waals surface area contributed by atoms with Crippen molar-refractivity contribution in [3.05, 3.63) is 36.4 Å². The number of nitrogens with one attached hydrogen (secondary N) is 2. The third kappa shape index (κ3) is 2.80. The van der Waals surface area contributed by atoms with Crippen LogP contribution in [0.4, 0.5) is 5.69 Å². The molecule has 3 heterocycles. The van der Waals surface area contributed by atoms with Crippen molar-refractivity contribution < 1.29 is 9.84 Å². The van der Waals surface area contributed by atoms with Gasteiger partial charge in [0.1, 0.15) is 11.4 Å². The summed E-state index contributed by atoms with van der Waals surface area (Å²) >= 11 is 0. The zero-order valence-corrected chi connectivity index (χ0v) is 15.1. The summed E-state index contributed by atoms with van der Waals surface area (Å²) in [6, 6.07) is 12.0. The fraction of sp³-hybridized carbons (Fsp3) is 0.300. The highest BCUT2D eigenvalue weighted by Crippen LogP contribution is 2.30. The first kappa shape index (κ1) is 16.1. The fourth-order valence-corrected chi connectivity index (χ4v) is 3.80. The molecule has 3 N–H and O–H groups in total. The highest BCUT2D eigenvalue weighted by atomic mass is 16.5. The molecule has 1 aliphatic rings. The van der Waals surface area contributed by atoms with Crippen LogP contribution in [0.15, 0.2) is 36.4 Å². The number of ether oxygens (including phenoxy) is 1. The molecule has 0 bridgehead atoms. The highest BCUT2D eigenvalue weighted by molar-refractivity contribution is 5.94. The molecule has 1 saturated heterocycles. The van der Waals surface area contributed by atoms with Gasteiger partial charge in [-0.15, -0.1) is 0 Å². The van der Waals surface area contributed by atoms with Gasteiger partial charge in [-0.3, -0.25) is 5.10 Å². The Morgan fingerprint density at radius 2 is 2.11 bits per heavy atom. The summed E-state index contributed by atoms with van der Waals surface area (Å²) in [4.78, 5) is 10.3. The Bertz CT molecular complexity index is 1120. The van der Waals surface area contributed by atoms with Crippen molar-refractivity contribution in [2.45, 2.75) is 18.9 Å². The second-order valence-electron chi connectivity index (χ2n) is 7.01. The minimum Gasteiger partial charge on any atom is -0.497 e. The summed E-state index contributed by atoms with van der Waals surface area (Å²) in [6.07, 6.45) is 1.63. The number of aromatic amines is 2. The van der Waals surface area contributed by atoms with E-state index in [4.69, 9.17) is 9.72 Å². The number of β-amino-alcohol motifs (C(OH)–C–C–N with tert-alkyl or cyclic N) is 1. The van der Waals surface area contributed by atoms with Crippen LogP contribution >= 0.6 is 0 Å². The third-order valence-corrected chi connectivity index (χ3v) is 5.22. The minimum atomic E-state index is -0.253. The maximum absolute atomic E-state index is 9.94. The molecule has 27 heavy (non-hydrogen) atoms. The van der Waals surface area contributed by atoms with E-state index in [9.17, 15) is 5.11 Å². The molecule has 2 aromatic carbocycles. The van der Waals surface area contributed by atoms with Crippen molar-refractivity contribution in [2.24, 2.45) is 0 Å². The first-order valence-electron chi connectivity index (χ1n) is 9.16. The van der Waals surface area contributed by atoms with Crippen molar-refractivity contribution in [1.82, 2.24) is 20.2 Å². The number of piperidine rings is 1. The summed E-state index contributed by atoms with van der Waals surface area (Å²) in [6.45, 7) is 1.64. The number of hydrogen-bond donors (Lipinski definition) is 3. The summed E-state index contributed by atoms with van der Waals surface area (Å²) in [5, 5.41) is 18.4. The van der Waals surface area contributed by atoms with Crippen LogP contribution in [-0.2, 0) is 0 Å². The number of hydrogen-bond acceptors (Lipinski definition) is 5. The van der Waals surface area contributed by atoms with Crippen LogP contribution in [0.2, 0.25) is 0 Å². The third-order valence-electron chi connectivity index (χ3n) is 5.22. The van der Waals surface area contributed by atoms with Gasteiger partial charge in [0.2, 0.25) is 0 Å². The molecule has 5 rings (SSSR count). The molecular weight excluding hydrogens is 342 g/mol. The SMILES string of the molecule is COc1ccc2[nH]nc(-c3nc4ccc(N5CCCC(O)C5)cc4[nH]3)c2c1. The second-order valence-corrected chi connectivity index (χ2v) is 7.01. The summed E-state index contributed by atoms with van der Waals surface area (Å²) in [5.41, 5.74) is 4.67. The first-order valence-corrected chi connectivity index (χ1v) is 9.16. The first-order chi connectivity index (χ1) is 13.2. The lowest BCUT2D eigenvalue weighted by molar-refractivity contribution is 0.154. The van der Waals surface area contributed by atoms with E-state index in [1.807, 2.05) is 24.3 Å². The van der Waals surface area contributed by atoms with Gasteiger partial charge >= 0.3 is 0 Å². The molecule has 0 aliphatic carbocycles. The van der Waals surface area contributed by atoms with Crippen molar-refractivity contribution >= 4 is 27.6 Å². The largest absolute Gasteiger partial charge is 0.497 e. The average molecular weight is 363 g/mol. The molecule has 0 spiro atoms. The number of H-pyrrole nitrogens is 2. The fourth-order valence-electron chi connectivity index (χ4n) is 3.80. The summed E-state index contributed by atoms with van der Waals surface area (Å²) < 4.78 is 5.33. The Hall–Kier alpha value is -3.06. The smallest absolute Gasteiger partial charge is 0.159 e. The van der Waals surface area contributed by atoms with E-state index in [1.54, 1.807) is 7.11 Å². The number of benzene rings is 2. The number of aromatic nitrogens is 4. The molecule has 4 aromatic rings. The van der Waals surface area contributed by atoms with Crippen LogP contribution in [-0.4, -0.2) is 51.6 Å². The molecule has 1 atom stereocenters. The number of rotatable bonds is 3. The van der Waals surface area contributed by atoms with E-state index in [0.29, 0.717) is 6.54 Å². The normalized spacial score (nSPS) is 17.7. The van der Waals surface area contributed by atoms with Crippen LogP contribution in [0, 0.1) is 0 Å². The molecule has 1 aliphatic heterocycles. The van der Waals surface area contributed by atoms with E-state index >= 15 is 0 Å². The topological polar surface area (TPSA) is 90.1 Å². The van der Waals surface area contributed by atoms with Crippen molar-refractivity contribution in [3.8, 4) is 17.3 Å². The molecule has 0 amide bonds. The van der Waals surface area contributed by atoms with Crippen LogP contribution in [0.5, 0.6) is 5.75 Å². The Labute approximate surface area is 156 Å². The lowest BCUT2D eigenvalue weighted by Gasteiger charge is -2.31. The van der Waals surface area contributed by atoms with E-state index < -0.39 is 0 Å². The van der Waals surface area contributed by atoms with Gasteiger partial charge in [0.05, 0.1) is 29.8 Å². The zero-order valence-electron chi connectivity index (χ0n) is 15.1. The van der Waals surface area contributed by atoms with Gasteiger partial charge < -0.3 is 19.7 Å². The van der Waals surface area contributed by atoms with Crippen molar-refractivity contribution in [1.29, 1.82) is 0 Å². The van der Waals surface area contributed by atoms with E-state index in [2.05, 4.69) is 32.2 Å². The number of aliphatic hydroxyl groups excluding tert-OH is 1. The number of imidazole rings is 1. The molecule has 1 unspecified atom stereocenters. The lowest BCUT2D eigenvalue weighted by Crippen LogP contribution is -2.38. The second kappa shape index (κ2) is 6.28. The van der Waals surface area contributed by atoms with E-state index in [0.717, 1.165) is 64.3 Å². The molecule has 0 saturated carbocycles. The average Bonchev–Trinajstić information content (AvgIpc) is 3.30. The number of nitrogens with zero attached hydrogens (tertiary/aromatic N) is 3. The van der Waals surface area contributed by atoms with Gasteiger partial charge in [-0.1, -0.05) is 0 Å².